The Morgan fingerprint density at radius 2 is 1.91 bits per heavy atom. The van der Waals surface area contributed by atoms with E-state index in [4.69, 9.17) is 24.2 Å². The van der Waals surface area contributed by atoms with Crippen molar-refractivity contribution in [2.45, 2.75) is 5.25 Å². The summed E-state index contributed by atoms with van der Waals surface area (Å²) in [5.74, 6) is 0.825. The van der Waals surface area contributed by atoms with Crippen LogP contribution >= 0.6 is 24.2 Å². The zero-order chi connectivity index (χ0) is 15.1. The zero-order valence-corrected chi connectivity index (χ0v) is 13.1. The fourth-order valence-corrected chi connectivity index (χ4v) is 3.06. The van der Waals surface area contributed by atoms with E-state index in [1.165, 1.54) is 0 Å². The molecule has 2 aromatic carbocycles. The minimum absolute atomic E-state index is 0.141. The molecule has 3 nitrogen and oxygen atoms in total. The Morgan fingerprint density at radius 3 is 2.77 bits per heavy atom. The number of aromatic nitrogens is 3. The van der Waals surface area contributed by atoms with E-state index < -0.39 is 0 Å². The van der Waals surface area contributed by atoms with Gasteiger partial charge in [0.25, 0.3) is 0 Å². The second-order valence-electron chi connectivity index (χ2n) is 5.11. The smallest absolute Gasteiger partial charge is 0.124 e. The average molecular weight is 326 g/mol. The van der Waals surface area contributed by atoms with Crippen molar-refractivity contribution in [2.75, 3.05) is 0 Å². The molecule has 0 amide bonds. The van der Waals surface area contributed by atoms with Crippen LogP contribution in [0.5, 0.6) is 0 Å². The minimum Gasteiger partial charge on any atom is -0.341 e. The topological polar surface area (TPSA) is 41.6 Å². The third-order valence-electron chi connectivity index (χ3n) is 3.70. The van der Waals surface area contributed by atoms with Crippen LogP contribution < -0.4 is 0 Å². The van der Waals surface area contributed by atoms with E-state index in [2.05, 4.69) is 15.0 Å². The van der Waals surface area contributed by atoms with Gasteiger partial charge in [-0.15, -0.1) is 0 Å². The van der Waals surface area contributed by atoms with E-state index in [9.17, 15) is 0 Å². The van der Waals surface area contributed by atoms with Crippen LogP contribution in [-0.2, 0) is 0 Å². The molecular formula is C17H12ClN3S. The lowest BCUT2D eigenvalue weighted by atomic mass is 10.1. The van der Waals surface area contributed by atoms with Gasteiger partial charge >= 0.3 is 0 Å². The Hall–Kier alpha value is -2.04. The molecule has 4 rings (SSSR count). The van der Waals surface area contributed by atoms with Crippen LogP contribution in [0.2, 0.25) is 5.02 Å². The Morgan fingerprint density at radius 1 is 1.05 bits per heavy atom. The van der Waals surface area contributed by atoms with Crippen molar-refractivity contribution in [3.8, 4) is 0 Å². The molecule has 1 unspecified atom stereocenters. The van der Waals surface area contributed by atoms with Gasteiger partial charge in [0.05, 0.1) is 26.8 Å². The lowest BCUT2D eigenvalue weighted by Gasteiger charge is -2.09. The number of hydrogen-bond acceptors (Lipinski definition) is 3. The number of pyridine rings is 1. The first-order valence-corrected chi connectivity index (χ1v) is 7.79. The zero-order valence-electron chi connectivity index (χ0n) is 11.5. The predicted molar refractivity (Wildman–Crippen MR) is 93.7 cm³/mol. The van der Waals surface area contributed by atoms with Gasteiger partial charge in [0.1, 0.15) is 5.82 Å². The van der Waals surface area contributed by atoms with Gasteiger partial charge < -0.3 is 4.98 Å². The summed E-state index contributed by atoms with van der Waals surface area (Å²) in [7, 11) is 0. The molecule has 2 aromatic heterocycles. The van der Waals surface area contributed by atoms with E-state index in [-0.39, 0.29) is 5.25 Å². The standard InChI is InChI=1S/C17H12ClN3S/c18-12-7-8-19-15-9-10(5-6-11(12)15)16(22)17-20-13-3-1-2-4-14(13)21-17/h1-9,16,22H,(H,20,21). The predicted octanol–water partition coefficient (Wildman–Crippen LogP) is 4.78. The fourth-order valence-electron chi connectivity index (χ4n) is 2.56. The maximum Gasteiger partial charge on any atom is 0.124 e. The van der Waals surface area contributed by atoms with Gasteiger partial charge in [-0.2, -0.15) is 12.6 Å². The van der Waals surface area contributed by atoms with Crippen LogP contribution in [0.3, 0.4) is 0 Å². The summed E-state index contributed by atoms with van der Waals surface area (Å²) >= 11 is 10.9. The van der Waals surface area contributed by atoms with Crippen LogP contribution in [0, 0.1) is 0 Å². The number of para-hydroxylation sites is 2. The van der Waals surface area contributed by atoms with Crippen molar-refractivity contribution in [1.29, 1.82) is 0 Å². The lowest BCUT2D eigenvalue weighted by Crippen LogP contribution is -1.96. The molecule has 0 aliphatic heterocycles. The Balaban J connectivity index is 1.80. The van der Waals surface area contributed by atoms with Crippen LogP contribution in [0.1, 0.15) is 16.6 Å². The van der Waals surface area contributed by atoms with Crippen molar-refractivity contribution in [3.05, 3.63) is 71.1 Å². The maximum atomic E-state index is 6.18. The first-order chi connectivity index (χ1) is 10.7. The number of nitrogens with one attached hydrogen (secondary N) is 1. The number of aromatic amines is 1. The third kappa shape index (κ3) is 2.25. The number of H-pyrrole nitrogens is 1. The molecule has 0 saturated carbocycles. The number of hydrogen-bond donors (Lipinski definition) is 2. The molecule has 1 atom stereocenters. The Labute approximate surface area is 137 Å². The summed E-state index contributed by atoms with van der Waals surface area (Å²) in [4.78, 5) is 12.3. The number of imidazole rings is 1. The third-order valence-corrected chi connectivity index (χ3v) is 4.57. The Kier molecular flexibility index (Phi) is 3.28. The van der Waals surface area contributed by atoms with E-state index >= 15 is 0 Å². The number of rotatable bonds is 2. The maximum absolute atomic E-state index is 6.18. The average Bonchev–Trinajstić information content (AvgIpc) is 2.98. The monoisotopic (exact) mass is 325 g/mol. The van der Waals surface area contributed by atoms with Crippen LogP contribution in [-0.4, -0.2) is 15.0 Å². The highest BCUT2D eigenvalue weighted by Crippen LogP contribution is 2.31. The number of fused-ring (bicyclic) bond motifs is 2. The molecule has 0 aliphatic carbocycles. The van der Waals surface area contributed by atoms with Gasteiger partial charge in [0, 0.05) is 11.6 Å². The second-order valence-corrected chi connectivity index (χ2v) is 6.03. The molecule has 2 heterocycles. The second kappa shape index (κ2) is 5.30. The van der Waals surface area contributed by atoms with Gasteiger partial charge in [-0.3, -0.25) is 4.98 Å². The summed E-state index contributed by atoms with van der Waals surface area (Å²) in [6, 6.07) is 15.7. The Bertz CT molecular complexity index is 947. The van der Waals surface area contributed by atoms with Gasteiger partial charge in [0.2, 0.25) is 0 Å². The van der Waals surface area contributed by atoms with Gasteiger partial charge in [0.15, 0.2) is 0 Å². The lowest BCUT2D eigenvalue weighted by molar-refractivity contribution is 1.02. The number of nitrogens with zero attached hydrogens (tertiary/aromatic N) is 2. The highest BCUT2D eigenvalue weighted by molar-refractivity contribution is 7.80. The number of halogens is 1. The summed E-state index contributed by atoms with van der Waals surface area (Å²) in [5.41, 5.74) is 3.85. The molecule has 0 fully saturated rings. The van der Waals surface area contributed by atoms with Crippen LogP contribution in [0.4, 0.5) is 0 Å². The number of thiol groups is 1. The molecule has 5 heteroatoms. The molecule has 0 spiro atoms. The molecular weight excluding hydrogens is 314 g/mol. The normalized spacial score (nSPS) is 12.8. The summed E-state index contributed by atoms with van der Waals surface area (Å²) in [5, 5.41) is 1.51. The highest BCUT2D eigenvalue weighted by Gasteiger charge is 2.15. The SMILES string of the molecule is SC(c1ccc2c(Cl)ccnc2c1)c1nc2ccccc2[nH]1. The molecule has 108 valence electrons. The first-order valence-electron chi connectivity index (χ1n) is 6.89. The van der Waals surface area contributed by atoms with Crippen molar-refractivity contribution < 1.29 is 0 Å². The summed E-state index contributed by atoms with van der Waals surface area (Å²) in [6.45, 7) is 0. The molecule has 4 aromatic rings. The molecule has 0 saturated heterocycles. The van der Waals surface area contributed by atoms with E-state index in [1.807, 2.05) is 42.5 Å². The highest BCUT2D eigenvalue weighted by atomic mass is 35.5. The van der Waals surface area contributed by atoms with Crippen molar-refractivity contribution in [2.24, 2.45) is 0 Å². The van der Waals surface area contributed by atoms with Gasteiger partial charge in [-0.1, -0.05) is 35.9 Å². The molecule has 0 aliphatic rings. The van der Waals surface area contributed by atoms with Crippen molar-refractivity contribution in [1.82, 2.24) is 15.0 Å². The number of benzene rings is 2. The molecule has 22 heavy (non-hydrogen) atoms. The summed E-state index contributed by atoms with van der Waals surface area (Å²) in [6.07, 6.45) is 1.71. The van der Waals surface area contributed by atoms with E-state index in [0.29, 0.717) is 5.02 Å². The quantitative estimate of drug-likeness (QED) is 0.521. The van der Waals surface area contributed by atoms with Crippen molar-refractivity contribution >= 4 is 46.2 Å². The van der Waals surface area contributed by atoms with Crippen LogP contribution in [0.25, 0.3) is 21.9 Å². The van der Waals surface area contributed by atoms with Crippen LogP contribution in [0.15, 0.2) is 54.7 Å². The molecule has 0 bridgehead atoms. The largest absolute Gasteiger partial charge is 0.341 e. The van der Waals surface area contributed by atoms with Gasteiger partial charge in [-0.05, 0) is 29.8 Å². The fraction of sp³-hybridized carbons (Fsp3) is 0.0588. The molecule has 1 N–H and O–H groups in total. The minimum atomic E-state index is -0.141. The summed E-state index contributed by atoms with van der Waals surface area (Å²) < 4.78 is 0. The molecule has 0 radical (unpaired) electrons. The van der Waals surface area contributed by atoms with Crippen molar-refractivity contribution in [3.63, 3.8) is 0 Å². The van der Waals surface area contributed by atoms with E-state index in [0.717, 1.165) is 33.3 Å². The first kappa shape index (κ1) is 13.6. The van der Waals surface area contributed by atoms with E-state index in [1.54, 1.807) is 12.3 Å². The van der Waals surface area contributed by atoms with Gasteiger partial charge in [-0.25, -0.2) is 4.98 Å².